The summed E-state index contributed by atoms with van der Waals surface area (Å²) in [6, 6.07) is 7.79. The van der Waals surface area contributed by atoms with Crippen molar-refractivity contribution in [1.82, 2.24) is 10.6 Å². The number of urea groups is 1. The van der Waals surface area contributed by atoms with E-state index in [4.69, 9.17) is 9.47 Å². The van der Waals surface area contributed by atoms with E-state index in [1.54, 1.807) is 31.4 Å². The molecule has 0 saturated carbocycles. The van der Waals surface area contributed by atoms with E-state index in [2.05, 4.69) is 16.0 Å². The van der Waals surface area contributed by atoms with E-state index < -0.39 is 11.9 Å². The second kappa shape index (κ2) is 12.3. The van der Waals surface area contributed by atoms with Crippen LogP contribution in [-0.2, 0) is 9.53 Å². The van der Waals surface area contributed by atoms with Gasteiger partial charge in [-0.3, -0.25) is 10.1 Å². The summed E-state index contributed by atoms with van der Waals surface area (Å²) in [5, 5.41) is 17.1. The molecule has 0 unspecified atom stereocenters. The van der Waals surface area contributed by atoms with Crippen molar-refractivity contribution in [2.45, 2.75) is 26.7 Å². The predicted molar refractivity (Wildman–Crippen MR) is 102 cm³/mol. The molecule has 0 radical (unpaired) electrons. The average Bonchev–Trinajstić information content (AvgIpc) is 2.67. The van der Waals surface area contributed by atoms with Gasteiger partial charge in [0.1, 0.15) is 17.4 Å². The lowest BCUT2D eigenvalue weighted by atomic mass is 10.1. The molecule has 0 saturated heterocycles. The first-order valence-corrected chi connectivity index (χ1v) is 8.76. The van der Waals surface area contributed by atoms with Crippen LogP contribution in [0.15, 0.2) is 35.5 Å². The number of hydrogen-bond donors (Lipinski definition) is 3. The molecule has 1 aromatic rings. The van der Waals surface area contributed by atoms with E-state index >= 15 is 0 Å². The zero-order valence-corrected chi connectivity index (χ0v) is 15.9. The topological polar surface area (TPSA) is 112 Å². The molecular weight excluding hydrogens is 348 g/mol. The summed E-state index contributed by atoms with van der Waals surface area (Å²) in [6.07, 6.45) is 1.21. The average molecular weight is 374 g/mol. The Hall–Kier alpha value is -3.05. The molecule has 27 heavy (non-hydrogen) atoms. The predicted octanol–water partition coefficient (Wildman–Crippen LogP) is 2.55. The molecule has 0 atom stereocenters. The Bertz CT molecular complexity index is 693. The van der Waals surface area contributed by atoms with E-state index in [1.165, 1.54) is 0 Å². The number of nitrogens with one attached hydrogen (secondary N) is 3. The minimum atomic E-state index is -0.752. The lowest BCUT2D eigenvalue weighted by molar-refractivity contribution is -0.116. The summed E-state index contributed by atoms with van der Waals surface area (Å²) in [5.41, 5.74) is 0.871. The Morgan fingerprint density at radius 3 is 2.44 bits per heavy atom. The second-order valence-electron chi connectivity index (χ2n) is 5.43. The highest BCUT2D eigenvalue weighted by Gasteiger charge is 2.17. The van der Waals surface area contributed by atoms with E-state index in [-0.39, 0.29) is 5.57 Å². The SMILES string of the molecule is CCOCCCN/C(CC)=C(\C#N)C(=O)NC(=O)Nc1ccc(OC)cc1. The third-order valence-corrected chi connectivity index (χ3v) is 3.58. The number of carbonyl (C=O) groups excluding carboxylic acids is 2. The molecule has 3 N–H and O–H groups in total. The van der Waals surface area contributed by atoms with Crippen molar-refractivity contribution < 1.29 is 19.1 Å². The first-order valence-electron chi connectivity index (χ1n) is 8.76. The van der Waals surface area contributed by atoms with Crippen molar-refractivity contribution in [2.75, 3.05) is 32.2 Å². The first-order chi connectivity index (χ1) is 13.0. The number of nitrogens with zero attached hydrogens (tertiary/aromatic N) is 1. The van der Waals surface area contributed by atoms with Gasteiger partial charge in [0.2, 0.25) is 0 Å². The summed E-state index contributed by atoms with van der Waals surface area (Å²) in [4.78, 5) is 24.3. The quantitative estimate of drug-likeness (QED) is 0.330. The van der Waals surface area contributed by atoms with Gasteiger partial charge in [0, 0.05) is 31.1 Å². The highest BCUT2D eigenvalue weighted by Crippen LogP contribution is 2.14. The maximum absolute atomic E-state index is 12.3. The molecule has 0 aliphatic rings. The number of allylic oxidation sites excluding steroid dienone is 1. The molecule has 0 fully saturated rings. The minimum Gasteiger partial charge on any atom is -0.497 e. The Morgan fingerprint density at radius 1 is 1.19 bits per heavy atom. The largest absolute Gasteiger partial charge is 0.497 e. The number of ether oxygens (including phenoxy) is 2. The van der Waals surface area contributed by atoms with Gasteiger partial charge in [-0.05, 0) is 44.0 Å². The van der Waals surface area contributed by atoms with E-state index in [1.807, 2.05) is 19.9 Å². The molecule has 3 amide bonds. The van der Waals surface area contributed by atoms with Crippen LogP contribution in [0.3, 0.4) is 0 Å². The van der Waals surface area contributed by atoms with Gasteiger partial charge in [0.05, 0.1) is 7.11 Å². The Balaban J connectivity index is 2.65. The fourth-order valence-electron chi connectivity index (χ4n) is 2.21. The molecule has 0 bridgehead atoms. The number of amides is 3. The summed E-state index contributed by atoms with van der Waals surface area (Å²) < 4.78 is 10.3. The van der Waals surface area contributed by atoms with Crippen LogP contribution in [-0.4, -0.2) is 38.8 Å². The van der Waals surface area contributed by atoms with Crippen molar-refractivity contribution in [2.24, 2.45) is 0 Å². The molecule has 0 aliphatic carbocycles. The number of benzene rings is 1. The van der Waals surface area contributed by atoms with E-state index in [0.29, 0.717) is 43.3 Å². The third-order valence-electron chi connectivity index (χ3n) is 3.58. The van der Waals surface area contributed by atoms with Crippen molar-refractivity contribution in [3.05, 3.63) is 35.5 Å². The number of anilines is 1. The molecule has 8 heteroatoms. The first kappa shape index (κ1) is 22.0. The fourth-order valence-corrected chi connectivity index (χ4v) is 2.21. The van der Waals surface area contributed by atoms with Crippen LogP contribution in [0.1, 0.15) is 26.7 Å². The molecule has 0 aliphatic heterocycles. The molecule has 0 aromatic heterocycles. The summed E-state index contributed by atoms with van der Waals surface area (Å²) in [6.45, 7) is 5.55. The van der Waals surface area contributed by atoms with Crippen LogP contribution in [0.4, 0.5) is 10.5 Å². The highest BCUT2D eigenvalue weighted by atomic mass is 16.5. The van der Waals surface area contributed by atoms with Gasteiger partial charge >= 0.3 is 6.03 Å². The van der Waals surface area contributed by atoms with Gasteiger partial charge in [-0.15, -0.1) is 0 Å². The summed E-state index contributed by atoms with van der Waals surface area (Å²) in [7, 11) is 1.54. The normalized spacial score (nSPS) is 11.0. The molecule has 1 aromatic carbocycles. The van der Waals surface area contributed by atoms with Crippen molar-refractivity contribution in [1.29, 1.82) is 5.26 Å². The highest BCUT2D eigenvalue weighted by molar-refractivity contribution is 6.09. The van der Waals surface area contributed by atoms with Crippen LogP contribution >= 0.6 is 0 Å². The number of carbonyl (C=O) groups is 2. The smallest absolute Gasteiger partial charge is 0.326 e. The van der Waals surface area contributed by atoms with Crippen LogP contribution in [0.2, 0.25) is 0 Å². The molecule has 0 spiro atoms. The molecule has 1 rings (SSSR count). The van der Waals surface area contributed by atoms with Gasteiger partial charge < -0.3 is 20.1 Å². The van der Waals surface area contributed by atoms with Gasteiger partial charge in [-0.2, -0.15) is 5.26 Å². The number of nitriles is 1. The van der Waals surface area contributed by atoms with Crippen molar-refractivity contribution in [3.8, 4) is 11.8 Å². The Labute approximate surface area is 159 Å². The lowest BCUT2D eigenvalue weighted by Crippen LogP contribution is -2.36. The minimum absolute atomic E-state index is 0.112. The zero-order valence-electron chi connectivity index (χ0n) is 15.9. The molecule has 0 heterocycles. The summed E-state index contributed by atoms with van der Waals surface area (Å²) in [5.74, 6) is -0.104. The van der Waals surface area contributed by atoms with Crippen molar-refractivity contribution in [3.63, 3.8) is 0 Å². The molecule has 8 nitrogen and oxygen atoms in total. The van der Waals surface area contributed by atoms with E-state index in [9.17, 15) is 14.9 Å². The van der Waals surface area contributed by atoms with Crippen LogP contribution < -0.4 is 20.7 Å². The number of rotatable bonds is 10. The number of hydrogen-bond acceptors (Lipinski definition) is 6. The van der Waals surface area contributed by atoms with Gasteiger partial charge in [-0.1, -0.05) is 6.92 Å². The van der Waals surface area contributed by atoms with Crippen LogP contribution in [0.5, 0.6) is 5.75 Å². The number of imide groups is 1. The molecule has 146 valence electrons. The maximum atomic E-state index is 12.3. The Kier molecular flexibility index (Phi) is 10.0. The Morgan fingerprint density at radius 2 is 1.89 bits per heavy atom. The fraction of sp³-hybridized carbons (Fsp3) is 0.421. The lowest BCUT2D eigenvalue weighted by Gasteiger charge is -2.12. The van der Waals surface area contributed by atoms with Gasteiger partial charge in [0.25, 0.3) is 5.91 Å². The van der Waals surface area contributed by atoms with Crippen LogP contribution in [0, 0.1) is 11.3 Å². The zero-order chi connectivity index (χ0) is 20.1. The van der Waals surface area contributed by atoms with E-state index in [0.717, 1.165) is 6.42 Å². The van der Waals surface area contributed by atoms with Gasteiger partial charge in [-0.25, -0.2) is 4.79 Å². The standard InChI is InChI=1S/C19H26N4O4/c1-4-17(21-11-6-12-27-5-2)16(13-20)18(24)23-19(25)22-14-7-9-15(26-3)10-8-14/h7-10,21H,4-6,11-12H2,1-3H3,(H2,22,23,24,25)/b17-16+. The van der Waals surface area contributed by atoms with Crippen LogP contribution in [0.25, 0.3) is 0 Å². The molecular formula is C19H26N4O4. The third kappa shape index (κ3) is 7.79. The summed E-state index contributed by atoms with van der Waals surface area (Å²) >= 11 is 0. The van der Waals surface area contributed by atoms with Crippen molar-refractivity contribution >= 4 is 17.6 Å². The maximum Gasteiger partial charge on any atom is 0.326 e. The number of methoxy groups -OCH3 is 1. The van der Waals surface area contributed by atoms with Gasteiger partial charge in [0.15, 0.2) is 0 Å². The monoisotopic (exact) mass is 374 g/mol. The second-order valence-corrected chi connectivity index (χ2v) is 5.43.